The molecule has 12 heavy (non-hydrogen) atoms. The number of rotatable bonds is 6. The first-order chi connectivity index (χ1) is 5.50. The smallest absolute Gasteiger partial charge is 0.110 e. The van der Waals surface area contributed by atoms with E-state index in [0.29, 0.717) is 0 Å². The predicted molar refractivity (Wildman–Crippen MR) is 53.1 cm³/mol. The molecule has 0 amide bonds. The van der Waals surface area contributed by atoms with Crippen LogP contribution in [0.3, 0.4) is 0 Å². The Balaban J connectivity index is 3.47. The summed E-state index contributed by atoms with van der Waals surface area (Å²) in [6.45, 7) is 7.82. The first-order valence-corrected chi connectivity index (χ1v) is 5.19. The molecule has 0 rings (SSSR count). The van der Waals surface area contributed by atoms with Crippen LogP contribution in [-0.2, 0) is 0 Å². The Bertz CT molecular complexity index is 106. The Morgan fingerprint density at radius 3 is 2.17 bits per heavy atom. The van der Waals surface area contributed by atoms with Crippen molar-refractivity contribution in [2.75, 3.05) is 0 Å². The van der Waals surface area contributed by atoms with E-state index in [1.165, 1.54) is 19.3 Å². The second kappa shape index (κ2) is 5.55. The highest BCUT2D eigenvalue weighted by Gasteiger charge is 2.26. The molecule has 0 aromatic carbocycles. The van der Waals surface area contributed by atoms with Crippen molar-refractivity contribution >= 4 is 0 Å². The molecule has 0 aliphatic carbocycles. The van der Waals surface area contributed by atoms with Gasteiger partial charge in [-0.1, -0.05) is 46.5 Å². The lowest BCUT2D eigenvalue weighted by Gasteiger charge is -2.24. The fourth-order valence-electron chi connectivity index (χ4n) is 1.19. The monoisotopic (exact) mass is 174 g/mol. The van der Waals surface area contributed by atoms with Gasteiger partial charge in [0.15, 0.2) is 0 Å². The second-order valence-electron chi connectivity index (χ2n) is 4.24. The van der Waals surface area contributed by atoms with E-state index in [9.17, 15) is 4.39 Å². The summed E-state index contributed by atoms with van der Waals surface area (Å²) in [5.74, 6) is 0.152. The molecule has 74 valence electrons. The fraction of sp³-hybridized carbons (Fsp3) is 1.00. The molecule has 0 aromatic rings. The lowest BCUT2D eigenvalue weighted by molar-refractivity contribution is 0.108. The van der Waals surface area contributed by atoms with Gasteiger partial charge in [0.05, 0.1) is 0 Å². The second-order valence-corrected chi connectivity index (χ2v) is 4.24. The highest BCUT2D eigenvalue weighted by atomic mass is 19.1. The summed E-state index contributed by atoms with van der Waals surface area (Å²) in [5.41, 5.74) is -0.951. The van der Waals surface area contributed by atoms with Crippen molar-refractivity contribution in [2.45, 2.75) is 65.5 Å². The number of alkyl halides is 1. The lowest BCUT2D eigenvalue weighted by Crippen LogP contribution is -2.25. The van der Waals surface area contributed by atoms with Gasteiger partial charge in [-0.2, -0.15) is 0 Å². The average Bonchev–Trinajstić information content (AvgIpc) is 1.98. The van der Waals surface area contributed by atoms with Crippen molar-refractivity contribution in [3.63, 3.8) is 0 Å². The topological polar surface area (TPSA) is 0 Å². The highest BCUT2D eigenvalue weighted by Crippen LogP contribution is 2.27. The van der Waals surface area contributed by atoms with E-state index in [-0.39, 0.29) is 5.92 Å². The standard InChI is InChI=1S/C11H23F/c1-5-6-7-8-9-11(4,12)10(2)3/h10H,5-9H2,1-4H3. The van der Waals surface area contributed by atoms with Gasteiger partial charge >= 0.3 is 0 Å². The summed E-state index contributed by atoms with van der Waals surface area (Å²) in [7, 11) is 0. The van der Waals surface area contributed by atoms with Crippen LogP contribution < -0.4 is 0 Å². The highest BCUT2D eigenvalue weighted by molar-refractivity contribution is 4.76. The van der Waals surface area contributed by atoms with E-state index in [1.54, 1.807) is 6.92 Å². The Kier molecular flexibility index (Phi) is 5.52. The third-order valence-corrected chi connectivity index (χ3v) is 2.72. The summed E-state index contributed by atoms with van der Waals surface area (Å²) in [6.07, 6.45) is 5.42. The summed E-state index contributed by atoms with van der Waals surface area (Å²) in [6, 6.07) is 0. The number of hydrogen-bond donors (Lipinski definition) is 0. The summed E-state index contributed by atoms with van der Waals surface area (Å²) in [5, 5.41) is 0. The zero-order valence-electron chi connectivity index (χ0n) is 8.99. The van der Waals surface area contributed by atoms with Gasteiger partial charge in [-0.3, -0.25) is 0 Å². The quantitative estimate of drug-likeness (QED) is 0.525. The molecule has 0 saturated carbocycles. The van der Waals surface area contributed by atoms with Crippen LogP contribution in [0.2, 0.25) is 0 Å². The third-order valence-electron chi connectivity index (χ3n) is 2.72. The third kappa shape index (κ3) is 4.74. The maximum atomic E-state index is 13.6. The molecular weight excluding hydrogens is 151 g/mol. The maximum Gasteiger partial charge on any atom is 0.110 e. The van der Waals surface area contributed by atoms with Crippen molar-refractivity contribution in [3.05, 3.63) is 0 Å². The van der Waals surface area contributed by atoms with Gasteiger partial charge in [0.2, 0.25) is 0 Å². The minimum Gasteiger partial charge on any atom is -0.244 e. The van der Waals surface area contributed by atoms with Gasteiger partial charge in [-0.05, 0) is 19.3 Å². The van der Waals surface area contributed by atoms with Gasteiger partial charge in [0, 0.05) is 0 Å². The predicted octanol–water partition coefficient (Wildman–Crippen LogP) is 4.34. The van der Waals surface area contributed by atoms with E-state index in [0.717, 1.165) is 12.8 Å². The molecule has 1 atom stereocenters. The Labute approximate surface area is 76.6 Å². The van der Waals surface area contributed by atoms with Gasteiger partial charge in [-0.25, -0.2) is 4.39 Å². The van der Waals surface area contributed by atoms with Crippen molar-refractivity contribution in [2.24, 2.45) is 5.92 Å². The van der Waals surface area contributed by atoms with Gasteiger partial charge < -0.3 is 0 Å². The molecule has 0 aliphatic rings. The van der Waals surface area contributed by atoms with Gasteiger partial charge in [0.1, 0.15) is 5.67 Å². The average molecular weight is 174 g/mol. The van der Waals surface area contributed by atoms with Gasteiger partial charge in [-0.15, -0.1) is 0 Å². The molecule has 0 N–H and O–H groups in total. The molecule has 1 unspecified atom stereocenters. The van der Waals surface area contributed by atoms with Crippen LogP contribution >= 0.6 is 0 Å². The molecule has 0 aliphatic heterocycles. The first-order valence-electron chi connectivity index (χ1n) is 5.19. The van der Waals surface area contributed by atoms with Crippen molar-refractivity contribution in [1.29, 1.82) is 0 Å². The molecule has 0 spiro atoms. The minimum absolute atomic E-state index is 0.152. The van der Waals surface area contributed by atoms with Crippen LogP contribution in [0.1, 0.15) is 59.8 Å². The zero-order chi connectivity index (χ0) is 9.61. The summed E-state index contributed by atoms with van der Waals surface area (Å²) in [4.78, 5) is 0. The largest absolute Gasteiger partial charge is 0.244 e. The molecular formula is C11H23F. The van der Waals surface area contributed by atoms with Crippen LogP contribution in [0, 0.1) is 5.92 Å². The van der Waals surface area contributed by atoms with Crippen molar-refractivity contribution < 1.29 is 4.39 Å². The van der Waals surface area contributed by atoms with Crippen LogP contribution in [0.5, 0.6) is 0 Å². The summed E-state index contributed by atoms with van der Waals surface area (Å²) < 4.78 is 13.6. The first kappa shape index (κ1) is 11.9. The number of unbranched alkanes of at least 4 members (excludes halogenated alkanes) is 3. The number of halogens is 1. The minimum atomic E-state index is -0.951. The molecule has 0 radical (unpaired) electrons. The molecule has 1 heteroatoms. The fourth-order valence-corrected chi connectivity index (χ4v) is 1.19. The van der Waals surface area contributed by atoms with Crippen LogP contribution in [-0.4, -0.2) is 5.67 Å². The Morgan fingerprint density at radius 1 is 1.17 bits per heavy atom. The zero-order valence-corrected chi connectivity index (χ0v) is 8.99. The molecule has 0 nitrogen and oxygen atoms in total. The van der Waals surface area contributed by atoms with E-state index >= 15 is 0 Å². The van der Waals surface area contributed by atoms with Crippen molar-refractivity contribution in [1.82, 2.24) is 0 Å². The lowest BCUT2D eigenvalue weighted by atomic mass is 9.89. The molecule has 0 aromatic heterocycles. The van der Waals surface area contributed by atoms with E-state index in [4.69, 9.17) is 0 Å². The van der Waals surface area contributed by atoms with E-state index < -0.39 is 5.67 Å². The van der Waals surface area contributed by atoms with Gasteiger partial charge in [0.25, 0.3) is 0 Å². The molecule has 0 fully saturated rings. The van der Waals surface area contributed by atoms with Crippen molar-refractivity contribution in [3.8, 4) is 0 Å². The van der Waals surface area contributed by atoms with Crippen LogP contribution in [0.25, 0.3) is 0 Å². The molecule has 0 bridgehead atoms. The normalized spacial score (nSPS) is 16.5. The van der Waals surface area contributed by atoms with Crippen LogP contribution in [0.4, 0.5) is 4.39 Å². The Morgan fingerprint density at radius 2 is 1.75 bits per heavy atom. The Hall–Kier alpha value is -0.0700. The van der Waals surface area contributed by atoms with E-state index in [2.05, 4.69) is 6.92 Å². The molecule has 0 saturated heterocycles. The SMILES string of the molecule is CCCCCCC(C)(F)C(C)C. The molecule has 0 heterocycles. The summed E-state index contributed by atoms with van der Waals surface area (Å²) >= 11 is 0. The maximum absolute atomic E-state index is 13.6. The van der Waals surface area contributed by atoms with E-state index in [1.807, 2.05) is 13.8 Å². The van der Waals surface area contributed by atoms with Crippen LogP contribution in [0.15, 0.2) is 0 Å². The number of hydrogen-bond acceptors (Lipinski definition) is 0.